The van der Waals surface area contributed by atoms with Crippen LogP contribution in [0.25, 0.3) is 0 Å². The van der Waals surface area contributed by atoms with Crippen molar-refractivity contribution in [1.29, 1.82) is 0 Å². The standard InChI is InChI=1S/C16H24FN3O3/c1-2-15(22)19-12-9-20(13(10-21)16(12)23)7-3-4-11-5-6-14(17)18-8-11/h5-6,8,12-13,16,21,23H,2-4,7,9-10H2,1H3,(H,19,22)/t12-,13-,16+/m0/s1. The van der Waals surface area contributed by atoms with Crippen molar-refractivity contribution in [2.75, 3.05) is 19.7 Å². The minimum atomic E-state index is -0.775. The smallest absolute Gasteiger partial charge is 0.220 e. The monoisotopic (exact) mass is 325 g/mol. The number of carbonyl (C=O) groups is 1. The van der Waals surface area contributed by atoms with Gasteiger partial charge in [-0.25, -0.2) is 4.98 Å². The molecule has 0 radical (unpaired) electrons. The maximum absolute atomic E-state index is 12.8. The molecule has 128 valence electrons. The van der Waals surface area contributed by atoms with Crippen LogP contribution in [-0.4, -0.2) is 63.9 Å². The van der Waals surface area contributed by atoms with Crippen molar-refractivity contribution in [2.24, 2.45) is 0 Å². The number of hydrogen-bond acceptors (Lipinski definition) is 5. The van der Waals surface area contributed by atoms with Gasteiger partial charge in [-0.15, -0.1) is 0 Å². The van der Waals surface area contributed by atoms with Crippen molar-refractivity contribution in [3.8, 4) is 0 Å². The summed E-state index contributed by atoms with van der Waals surface area (Å²) in [7, 11) is 0. The first-order valence-corrected chi connectivity index (χ1v) is 7.98. The summed E-state index contributed by atoms with van der Waals surface area (Å²) in [6.45, 7) is 2.80. The lowest BCUT2D eigenvalue weighted by atomic mass is 10.1. The Balaban J connectivity index is 1.85. The highest BCUT2D eigenvalue weighted by molar-refractivity contribution is 5.76. The van der Waals surface area contributed by atoms with E-state index in [1.54, 1.807) is 13.0 Å². The third-order valence-corrected chi connectivity index (χ3v) is 4.26. The normalized spacial score (nSPS) is 24.8. The van der Waals surface area contributed by atoms with Crippen molar-refractivity contribution >= 4 is 5.91 Å². The first kappa shape index (κ1) is 17.8. The molecule has 3 atom stereocenters. The molecule has 0 unspecified atom stereocenters. The zero-order valence-corrected chi connectivity index (χ0v) is 13.3. The van der Waals surface area contributed by atoms with E-state index in [2.05, 4.69) is 10.3 Å². The van der Waals surface area contributed by atoms with E-state index < -0.39 is 12.1 Å². The largest absolute Gasteiger partial charge is 0.395 e. The molecule has 1 fully saturated rings. The molecule has 7 heteroatoms. The Morgan fingerprint density at radius 1 is 1.52 bits per heavy atom. The Morgan fingerprint density at radius 3 is 2.91 bits per heavy atom. The number of aliphatic hydroxyl groups is 2. The van der Waals surface area contributed by atoms with Crippen LogP contribution in [0, 0.1) is 5.95 Å². The van der Waals surface area contributed by atoms with Crippen LogP contribution >= 0.6 is 0 Å². The first-order chi connectivity index (χ1) is 11.0. The van der Waals surface area contributed by atoms with Crippen LogP contribution in [0.2, 0.25) is 0 Å². The maximum Gasteiger partial charge on any atom is 0.220 e. The highest BCUT2D eigenvalue weighted by atomic mass is 19.1. The van der Waals surface area contributed by atoms with Gasteiger partial charge in [0.25, 0.3) is 0 Å². The van der Waals surface area contributed by atoms with E-state index in [1.807, 2.05) is 4.90 Å². The van der Waals surface area contributed by atoms with E-state index in [9.17, 15) is 19.4 Å². The molecule has 1 amide bonds. The minimum Gasteiger partial charge on any atom is -0.395 e. The number of amides is 1. The van der Waals surface area contributed by atoms with E-state index in [0.717, 1.165) is 18.4 Å². The summed E-state index contributed by atoms with van der Waals surface area (Å²) in [5, 5.41) is 22.5. The average Bonchev–Trinajstić information content (AvgIpc) is 2.84. The van der Waals surface area contributed by atoms with Crippen LogP contribution in [0.4, 0.5) is 4.39 Å². The lowest BCUT2D eigenvalue weighted by Crippen LogP contribution is -2.45. The number of carbonyl (C=O) groups excluding carboxylic acids is 1. The number of aryl methyl sites for hydroxylation is 1. The molecule has 0 bridgehead atoms. The first-order valence-electron chi connectivity index (χ1n) is 7.98. The SMILES string of the molecule is CCC(=O)N[C@H]1CN(CCCc2ccc(F)nc2)[C@@H](CO)[C@@H]1O. The molecular weight excluding hydrogens is 301 g/mol. The molecule has 1 aliphatic rings. The van der Waals surface area contributed by atoms with Crippen LogP contribution in [0.5, 0.6) is 0 Å². The van der Waals surface area contributed by atoms with Crippen molar-refractivity contribution in [3.05, 3.63) is 29.8 Å². The summed E-state index contributed by atoms with van der Waals surface area (Å²) in [4.78, 5) is 17.1. The number of pyridine rings is 1. The van der Waals surface area contributed by atoms with Crippen LogP contribution < -0.4 is 5.32 Å². The quantitative estimate of drug-likeness (QED) is 0.619. The minimum absolute atomic E-state index is 0.107. The molecule has 3 N–H and O–H groups in total. The van der Waals surface area contributed by atoms with E-state index in [1.165, 1.54) is 12.3 Å². The number of aromatic nitrogens is 1. The fourth-order valence-electron chi connectivity index (χ4n) is 2.94. The van der Waals surface area contributed by atoms with E-state index in [0.29, 0.717) is 19.5 Å². The van der Waals surface area contributed by atoms with Crippen LogP contribution in [-0.2, 0) is 11.2 Å². The van der Waals surface area contributed by atoms with Gasteiger partial charge in [-0.3, -0.25) is 9.69 Å². The fraction of sp³-hybridized carbons (Fsp3) is 0.625. The second kappa shape index (κ2) is 8.33. The Kier molecular flexibility index (Phi) is 6.44. The Labute approximate surface area is 135 Å². The third kappa shape index (κ3) is 4.70. The van der Waals surface area contributed by atoms with Crippen LogP contribution in [0.3, 0.4) is 0 Å². The summed E-state index contributed by atoms with van der Waals surface area (Å²) in [6.07, 6.45) is 2.64. The molecule has 0 spiro atoms. The predicted octanol–water partition coefficient (Wildman–Crippen LogP) is 0.0855. The maximum atomic E-state index is 12.8. The zero-order chi connectivity index (χ0) is 16.8. The van der Waals surface area contributed by atoms with Gasteiger partial charge in [0.1, 0.15) is 0 Å². The molecule has 1 aromatic rings. The summed E-state index contributed by atoms with van der Waals surface area (Å²) in [5.41, 5.74) is 0.947. The average molecular weight is 325 g/mol. The third-order valence-electron chi connectivity index (χ3n) is 4.26. The van der Waals surface area contributed by atoms with Crippen molar-refractivity contribution in [1.82, 2.24) is 15.2 Å². The lowest BCUT2D eigenvalue weighted by Gasteiger charge is -2.23. The number of likely N-dealkylation sites (tertiary alicyclic amines) is 1. The molecule has 0 aromatic carbocycles. The number of aliphatic hydroxyl groups excluding tert-OH is 2. The number of rotatable bonds is 7. The molecule has 1 aliphatic heterocycles. The molecule has 6 nitrogen and oxygen atoms in total. The predicted molar refractivity (Wildman–Crippen MR) is 83.2 cm³/mol. The molecule has 1 aromatic heterocycles. The highest BCUT2D eigenvalue weighted by Crippen LogP contribution is 2.19. The summed E-state index contributed by atoms with van der Waals surface area (Å²) >= 11 is 0. The number of nitrogens with one attached hydrogen (secondary N) is 1. The Bertz CT molecular complexity index is 512. The van der Waals surface area contributed by atoms with Gasteiger partial charge in [-0.05, 0) is 31.0 Å². The zero-order valence-electron chi connectivity index (χ0n) is 13.3. The molecule has 0 saturated carbocycles. The van der Waals surface area contributed by atoms with Gasteiger partial charge >= 0.3 is 0 Å². The fourth-order valence-corrected chi connectivity index (χ4v) is 2.94. The lowest BCUT2D eigenvalue weighted by molar-refractivity contribution is -0.122. The summed E-state index contributed by atoms with van der Waals surface area (Å²) in [5.74, 6) is -0.601. The molecule has 2 rings (SSSR count). The van der Waals surface area contributed by atoms with Gasteiger partial charge in [0.15, 0.2) is 0 Å². The van der Waals surface area contributed by atoms with Crippen LogP contribution in [0.1, 0.15) is 25.3 Å². The Morgan fingerprint density at radius 2 is 2.30 bits per heavy atom. The summed E-state index contributed by atoms with van der Waals surface area (Å²) < 4.78 is 12.8. The van der Waals surface area contributed by atoms with E-state index in [4.69, 9.17) is 0 Å². The van der Waals surface area contributed by atoms with Crippen LogP contribution in [0.15, 0.2) is 18.3 Å². The summed E-state index contributed by atoms with van der Waals surface area (Å²) in [6, 6.07) is 2.31. The Hall–Kier alpha value is -1.57. The van der Waals surface area contributed by atoms with Crippen molar-refractivity contribution in [3.63, 3.8) is 0 Å². The van der Waals surface area contributed by atoms with Gasteiger partial charge in [-0.1, -0.05) is 13.0 Å². The highest BCUT2D eigenvalue weighted by Gasteiger charge is 2.40. The molecule has 1 saturated heterocycles. The van der Waals surface area contributed by atoms with E-state index in [-0.39, 0.29) is 24.6 Å². The number of hydrogen-bond donors (Lipinski definition) is 3. The molecular formula is C16H24FN3O3. The van der Waals surface area contributed by atoms with E-state index >= 15 is 0 Å². The van der Waals surface area contributed by atoms with Crippen molar-refractivity contribution in [2.45, 2.75) is 44.4 Å². The molecule has 23 heavy (non-hydrogen) atoms. The molecule has 2 heterocycles. The number of halogens is 1. The molecule has 0 aliphatic carbocycles. The number of nitrogens with zero attached hydrogens (tertiary/aromatic N) is 2. The van der Waals surface area contributed by atoms with Gasteiger partial charge < -0.3 is 15.5 Å². The van der Waals surface area contributed by atoms with Gasteiger partial charge in [0, 0.05) is 19.2 Å². The topological polar surface area (TPSA) is 85.7 Å². The van der Waals surface area contributed by atoms with Gasteiger partial charge in [0.05, 0.1) is 24.8 Å². The second-order valence-electron chi connectivity index (χ2n) is 5.86. The van der Waals surface area contributed by atoms with Gasteiger partial charge in [-0.2, -0.15) is 4.39 Å². The second-order valence-corrected chi connectivity index (χ2v) is 5.86. The van der Waals surface area contributed by atoms with Crippen molar-refractivity contribution < 1.29 is 19.4 Å². The van der Waals surface area contributed by atoms with Gasteiger partial charge in [0.2, 0.25) is 11.9 Å².